The molecule has 1 aromatic heterocycles. The largest absolute Gasteiger partial charge is 0.489 e. The van der Waals surface area contributed by atoms with Crippen LogP contribution in [0.2, 0.25) is 0 Å². The van der Waals surface area contributed by atoms with Crippen molar-refractivity contribution in [2.24, 2.45) is 0 Å². The molecular formula is C18H18N2O4. The second-order valence-corrected chi connectivity index (χ2v) is 5.21. The van der Waals surface area contributed by atoms with Crippen molar-refractivity contribution in [3.05, 3.63) is 54.6 Å². The molecule has 0 atom stereocenters. The quantitative estimate of drug-likeness (QED) is 0.270. The van der Waals surface area contributed by atoms with Crippen LogP contribution in [0, 0.1) is 0 Å². The Morgan fingerprint density at radius 3 is 2.75 bits per heavy atom. The fourth-order valence-electron chi connectivity index (χ4n) is 2.46. The van der Waals surface area contributed by atoms with Gasteiger partial charge >= 0.3 is 0 Å². The molecule has 0 aliphatic heterocycles. The maximum Gasteiger partial charge on any atom is 0.269 e. The van der Waals surface area contributed by atoms with Crippen LogP contribution in [-0.4, -0.2) is 35.9 Å². The van der Waals surface area contributed by atoms with Crippen molar-refractivity contribution in [2.75, 3.05) is 19.8 Å². The summed E-state index contributed by atoms with van der Waals surface area (Å²) in [6.45, 7) is 0.498. The maximum atomic E-state index is 10.7. The summed E-state index contributed by atoms with van der Waals surface area (Å²) in [6.07, 6.45) is 3.57. The molecule has 6 heteroatoms. The molecule has 0 fully saturated rings. The lowest BCUT2D eigenvalue weighted by Crippen LogP contribution is -2.23. The maximum absolute atomic E-state index is 10.7. The molecule has 1 heterocycles. The molecule has 24 heavy (non-hydrogen) atoms. The summed E-state index contributed by atoms with van der Waals surface area (Å²) >= 11 is 0. The first-order valence-corrected chi connectivity index (χ1v) is 7.57. The predicted octanol–water partition coefficient (Wildman–Crippen LogP) is 2.78. The number of H-pyrrole nitrogens is 1. The molecule has 6 nitrogen and oxygen atoms in total. The number of hydrogen-bond acceptors (Lipinski definition) is 4. The number of amides is 1. The molecular weight excluding hydrogens is 308 g/mol. The predicted molar refractivity (Wildman–Crippen MR) is 91.2 cm³/mol. The van der Waals surface area contributed by atoms with Gasteiger partial charge in [0.1, 0.15) is 19.0 Å². The Bertz CT molecular complexity index is 870. The van der Waals surface area contributed by atoms with Crippen LogP contribution in [0.4, 0.5) is 0 Å². The van der Waals surface area contributed by atoms with Gasteiger partial charge in [-0.1, -0.05) is 24.3 Å². The number of aromatic amines is 1. The fraction of sp³-hybridized carbons (Fsp3) is 0.167. The van der Waals surface area contributed by atoms with Crippen LogP contribution in [0.15, 0.2) is 54.6 Å². The van der Waals surface area contributed by atoms with Crippen molar-refractivity contribution in [3.63, 3.8) is 0 Å². The van der Waals surface area contributed by atoms with Gasteiger partial charge in [0, 0.05) is 22.4 Å². The highest BCUT2D eigenvalue weighted by Crippen LogP contribution is 2.28. The summed E-state index contributed by atoms with van der Waals surface area (Å²) < 4.78 is 10.7. The zero-order valence-electron chi connectivity index (χ0n) is 13.0. The lowest BCUT2D eigenvalue weighted by molar-refractivity contribution is -0.133. The molecule has 0 radical (unpaired) electrons. The fourth-order valence-corrected chi connectivity index (χ4v) is 2.46. The molecule has 1 amide bonds. The van der Waals surface area contributed by atoms with E-state index in [1.54, 1.807) is 6.08 Å². The summed E-state index contributed by atoms with van der Waals surface area (Å²) in [5.74, 6) is 0.200. The number of para-hydroxylation sites is 1. The Hall–Kier alpha value is -2.83. The van der Waals surface area contributed by atoms with Crippen LogP contribution in [0.3, 0.4) is 0 Å². The molecule has 3 N–H and O–H groups in total. The minimum atomic E-state index is -0.578. The number of aromatic nitrogens is 1. The van der Waals surface area contributed by atoms with E-state index in [0.717, 1.165) is 16.8 Å². The Kier molecular flexibility index (Phi) is 5.10. The highest BCUT2D eigenvalue weighted by atomic mass is 16.5. The number of hydroxylamine groups is 1. The van der Waals surface area contributed by atoms with Gasteiger partial charge < -0.3 is 14.5 Å². The van der Waals surface area contributed by atoms with Crippen LogP contribution >= 0.6 is 0 Å². The summed E-state index contributed by atoms with van der Waals surface area (Å²) in [7, 11) is 0. The van der Waals surface area contributed by atoms with Gasteiger partial charge in [-0.05, 0) is 24.3 Å². The average molecular weight is 326 g/mol. The van der Waals surface area contributed by atoms with E-state index in [0.29, 0.717) is 6.61 Å². The van der Waals surface area contributed by atoms with E-state index in [1.165, 1.54) is 16.3 Å². The third-order valence-corrected chi connectivity index (χ3v) is 3.56. The van der Waals surface area contributed by atoms with Crippen LogP contribution in [0.25, 0.3) is 21.8 Å². The summed E-state index contributed by atoms with van der Waals surface area (Å²) in [6, 6.07) is 14.1. The lowest BCUT2D eigenvalue weighted by atomic mass is 10.1. The number of carbonyl (C=O) groups is 1. The molecule has 0 unspecified atom stereocenters. The Morgan fingerprint density at radius 1 is 1.08 bits per heavy atom. The van der Waals surface area contributed by atoms with Crippen LogP contribution in [0.5, 0.6) is 5.75 Å². The first-order valence-electron chi connectivity index (χ1n) is 7.57. The van der Waals surface area contributed by atoms with E-state index in [4.69, 9.17) is 14.7 Å². The number of benzene rings is 2. The van der Waals surface area contributed by atoms with Crippen molar-refractivity contribution in [1.82, 2.24) is 10.5 Å². The molecule has 3 rings (SSSR count). The molecule has 0 spiro atoms. The Balaban J connectivity index is 1.54. The minimum Gasteiger partial charge on any atom is -0.489 e. The molecule has 124 valence electrons. The lowest BCUT2D eigenvalue weighted by Gasteiger charge is -2.03. The van der Waals surface area contributed by atoms with E-state index in [1.807, 2.05) is 36.4 Å². The van der Waals surface area contributed by atoms with Crippen LogP contribution in [-0.2, 0) is 9.53 Å². The Labute approximate surface area is 138 Å². The van der Waals surface area contributed by atoms with Crippen LogP contribution in [0.1, 0.15) is 0 Å². The standard InChI is InChI=1S/C18H18N2O4/c21-18(20-22)12-23-9-3-4-10-24-13-7-8-15-14-5-1-2-6-16(14)19-17(15)11-13/h1-8,11,19,22H,9-10,12H2,(H,20,21)/b4-3-. The van der Waals surface area contributed by atoms with E-state index >= 15 is 0 Å². The van der Waals surface area contributed by atoms with Gasteiger partial charge in [0.05, 0.1) is 12.1 Å². The van der Waals surface area contributed by atoms with Crippen molar-refractivity contribution < 1.29 is 19.5 Å². The van der Waals surface area contributed by atoms with E-state index in [9.17, 15) is 4.79 Å². The minimum absolute atomic E-state index is 0.182. The zero-order valence-corrected chi connectivity index (χ0v) is 13.0. The van der Waals surface area contributed by atoms with Crippen molar-refractivity contribution in [2.45, 2.75) is 0 Å². The molecule has 0 aliphatic carbocycles. The van der Waals surface area contributed by atoms with Crippen molar-refractivity contribution in [1.29, 1.82) is 0 Å². The van der Waals surface area contributed by atoms with E-state index < -0.39 is 5.91 Å². The highest BCUT2D eigenvalue weighted by Gasteiger charge is 2.04. The Morgan fingerprint density at radius 2 is 1.88 bits per heavy atom. The number of nitrogens with one attached hydrogen (secondary N) is 2. The third kappa shape index (κ3) is 3.73. The van der Waals surface area contributed by atoms with Gasteiger partial charge in [-0.15, -0.1) is 0 Å². The van der Waals surface area contributed by atoms with Crippen LogP contribution < -0.4 is 10.2 Å². The molecule has 0 aliphatic rings. The van der Waals surface area contributed by atoms with E-state index in [2.05, 4.69) is 17.1 Å². The summed E-state index contributed by atoms with van der Waals surface area (Å²) in [4.78, 5) is 14.1. The van der Waals surface area contributed by atoms with E-state index in [-0.39, 0.29) is 13.2 Å². The van der Waals surface area contributed by atoms with Gasteiger partial charge in [0.15, 0.2) is 0 Å². The third-order valence-electron chi connectivity index (χ3n) is 3.56. The molecule has 0 saturated heterocycles. The van der Waals surface area contributed by atoms with Gasteiger partial charge in [-0.3, -0.25) is 10.0 Å². The monoisotopic (exact) mass is 326 g/mol. The molecule has 0 saturated carbocycles. The average Bonchev–Trinajstić information content (AvgIpc) is 2.98. The first-order chi connectivity index (χ1) is 11.8. The summed E-state index contributed by atoms with van der Waals surface area (Å²) in [5, 5.41) is 10.7. The molecule has 3 aromatic rings. The summed E-state index contributed by atoms with van der Waals surface area (Å²) in [5.41, 5.74) is 3.64. The SMILES string of the molecule is O=C(COC/C=C\COc1ccc2c(c1)[nH]c1ccccc12)NO. The molecule has 0 bridgehead atoms. The second kappa shape index (κ2) is 7.63. The number of ether oxygens (including phenoxy) is 2. The van der Waals surface area contributed by atoms with Gasteiger partial charge in [-0.2, -0.15) is 0 Å². The zero-order chi connectivity index (χ0) is 16.8. The van der Waals surface area contributed by atoms with Crippen molar-refractivity contribution in [3.8, 4) is 5.75 Å². The van der Waals surface area contributed by atoms with Crippen molar-refractivity contribution >= 4 is 27.7 Å². The first kappa shape index (κ1) is 16.0. The number of fused-ring (bicyclic) bond motifs is 3. The number of carbonyl (C=O) groups excluding carboxylic acids is 1. The molecule has 2 aromatic carbocycles. The van der Waals surface area contributed by atoms with Gasteiger partial charge in [-0.25, -0.2) is 5.48 Å². The normalized spacial score (nSPS) is 11.4. The second-order valence-electron chi connectivity index (χ2n) is 5.21. The smallest absolute Gasteiger partial charge is 0.269 e. The van der Waals surface area contributed by atoms with Gasteiger partial charge in [0.2, 0.25) is 0 Å². The highest BCUT2D eigenvalue weighted by molar-refractivity contribution is 6.07. The number of rotatable bonds is 7. The number of hydrogen-bond donors (Lipinski definition) is 3. The van der Waals surface area contributed by atoms with Gasteiger partial charge in [0.25, 0.3) is 5.91 Å². The topological polar surface area (TPSA) is 83.6 Å².